The van der Waals surface area contributed by atoms with Crippen molar-refractivity contribution in [2.45, 2.75) is 52.2 Å². The molecule has 0 amide bonds. The molecule has 0 bridgehead atoms. The van der Waals surface area contributed by atoms with Gasteiger partial charge in [-0.2, -0.15) is 0 Å². The maximum Gasteiger partial charge on any atom is 0.496 e. The van der Waals surface area contributed by atoms with Gasteiger partial charge in [0, 0.05) is 16.5 Å². The summed E-state index contributed by atoms with van der Waals surface area (Å²) in [6.07, 6.45) is 2.87. The van der Waals surface area contributed by atoms with Gasteiger partial charge in [-0.1, -0.05) is 6.92 Å². The van der Waals surface area contributed by atoms with Crippen molar-refractivity contribution in [2.24, 2.45) is 0 Å². The third-order valence-corrected chi connectivity index (χ3v) is 5.67. The molecule has 1 aliphatic heterocycles. The van der Waals surface area contributed by atoms with E-state index in [0.717, 1.165) is 17.4 Å². The van der Waals surface area contributed by atoms with E-state index in [-0.39, 0.29) is 18.3 Å². The van der Waals surface area contributed by atoms with Crippen LogP contribution in [-0.2, 0) is 15.7 Å². The zero-order chi connectivity index (χ0) is 14.5. The average Bonchev–Trinajstić information content (AvgIpc) is 2.87. The van der Waals surface area contributed by atoms with Gasteiger partial charge in [0.25, 0.3) is 0 Å². The molecule has 1 fully saturated rings. The highest BCUT2D eigenvalue weighted by atomic mass is 32.1. The zero-order valence-corrected chi connectivity index (χ0v) is 13.5. The van der Waals surface area contributed by atoms with Crippen LogP contribution in [0.5, 0.6) is 0 Å². The first-order valence-electron chi connectivity index (χ1n) is 7.07. The molecular formula is C15H20BNO2S. The summed E-state index contributed by atoms with van der Waals surface area (Å²) in [5.74, 6) is 0. The molecule has 5 heteroatoms. The van der Waals surface area contributed by atoms with E-state index in [4.69, 9.17) is 9.31 Å². The summed E-state index contributed by atoms with van der Waals surface area (Å²) in [5.41, 5.74) is 1.52. The van der Waals surface area contributed by atoms with Gasteiger partial charge in [0.15, 0.2) is 0 Å². The van der Waals surface area contributed by atoms with Crippen molar-refractivity contribution in [3.8, 4) is 0 Å². The Morgan fingerprint density at radius 2 is 1.85 bits per heavy atom. The van der Waals surface area contributed by atoms with Crippen LogP contribution in [0, 0.1) is 0 Å². The molecule has 0 saturated carbocycles. The summed E-state index contributed by atoms with van der Waals surface area (Å²) < 4.78 is 13.5. The predicted octanol–water partition coefficient (Wildman–Crippen LogP) is 3.16. The Morgan fingerprint density at radius 3 is 2.45 bits per heavy atom. The number of fused-ring (bicyclic) bond motifs is 1. The maximum absolute atomic E-state index is 6.16. The first-order valence-corrected chi connectivity index (χ1v) is 7.88. The standard InChI is InChI=1S/C15H20BNO2S/c1-6-10-9-12-13(20-10)11(7-8-17-12)16-18-14(2,3)15(4,5)19-16/h7-9H,6H2,1-5H3. The Kier molecular flexibility index (Phi) is 3.20. The minimum Gasteiger partial charge on any atom is -0.399 e. The second-order valence-corrected chi connectivity index (χ2v) is 7.41. The van der Waals surface area contributed by atoms with E-state index in [2.05, 4.69) is 45.7 Å². The molecule has 3 rings (SSSR count). The van der Waals surface area contributed by atoms with Crippen molar-refractivity contribution < 1.29 is 9.31 Å². The van der Waals surface area contributed by atoms with E-state index < -0.39 is 0 Å². The monoisotopic (exact) mass is 289 g/mol. The van der Waals surface area contributed by atoms with Crippen LogP contribution in [0.3, 0.4) is 0 Å². The number of pyridine rings is 1. The largest absolute Gasteiger partial charge is 0.496 e. The third-order valence-electron chi connectivity index (χ3n) is 4.35. The molecule has 2 aromatic heterocycles. The molecule has 0 unspecified atom stereocenters. The molecule has 0 aromatic carbocycles. The predicted molar refractivity (Wildman–Crippen MR) is 84.7 cm³/mol. The lowest BCUT2D eigenvalue weighted by Gasteiger charge is -2.32. The fraction of sp³-hybridized carbons (Fsp3) is 0.533. The highest BCUT2D eigenvalue weighted by Crippen LogP contribution is 2.37. The van der Waals surface area contributed by atoms with Crippen molar-refractivity contribution in [1.29, 1.82) is 0 Å². The van der Waals surface area contributed by atoms with Gasteiger partial charge in [-0.25, -0.2) is 0 Å². The van der Waals surface area contributed by atoms with E-state index in [1.807, 2.05) is 12.3 Å². The number of thiophene rings is 1. The van der Waals surface area contributed by atoms with Gasteiger partial charge in [0.2, 0.25) is 0 Å². The summed E-state index contributed by atoms with van der Waals surface area (Å²) in [5, 5.41) is 0. The summed E-state index contributed by atoms with van der Waals surface area (Å²) in [7, 11) is -0.311. The third kappa shape index (κ3) is 2.08. The van der Waals surface area contributed by atoms with Crippen LogP contribution in [0.1, 0.15) is 39.5 Å². The van der Waals surface area contributed by atoms with E-state index in [1.54, 1.807) is 11.3 Å². The fourth-order valence-corrected chi connectivity index (χ4v) is 3.41. The van der Waals surface area contributed by atoms with Gasteiger partial charge < -0.3 is 9.31 Å². The van der Waals surface area contributed by atoms with Gasteiger partial charge in [0.05, 0.1) is 21.4 Å². The van der Waals surface area contributed by atoms with E-state index in [1.165, 1.54) is 9.58 Å². The Bertz CT molecular complexity index is 634. The van der Waals surface area contributed by atoms with Crippen LogP contribution in [-0.4, -0.2) is 23.3 Å². The van der Waals surface area contributed by atoms with Crippen LogP contribution in [0.2, 0.25) is 0 Å². The lowest BCUT2D eigenvalue weighted by molar-refractivity contribution is 0.00578. The van der Waals surface area contributed by atoms with E-state index in [0.29, 0.717) is 0 Å². The van der Waals surface area contributed by atoms with Gasteiger partial charge in [-0.3, -0.25) is 4.98 Å². The van der Waals surface area contributed by atoms with Gasteiger partial charge in [-0.05, 0) is 46.2 Å². The van der Waals surface area contributed by atoms with Crippen LogP contribution < -0.4 is 5.46 Å². The molecule has 3 nitrogen and oxygen atoms in total. The number of aryl methyl sites for hydroxylation is 1. The molecule has 0 spiro atoms. The molecule has 1 saturated heterocycles. The Hall–Kier alpha value is -0.905. The quantitative estimate of drug-likeness (QED) is 0.796. The molecule has 106 valence electrons. The van der Waals surface area contributed by atoms with Crippen LogP contribution in [0.25, 0.3) is 10.2 Å². The topological polar surface area (TPSA) is 31.4 Å². The number of aromatic nitrogens is 1. The van der Waals surface area contributed by atoms with Gasteiger partial charge in [0.1, 0.15) is 0 Å². The first-order chi connectivity index (χ1) is 9.34. The highest BCUT2D eigenvalue weighted by molar-refractivity contribution is 7.20. The highest BCUT2D eigenvalue weighted by Gasteiger charge is 2.52. The van der Waals surface area contributed by atoms with Gasteiger partial charge >= 0.3 is 7.12 Å². The molecule has 2 aromatic rings. The zero-order valence-electron chi connectivity index (χ0n) is 12.7. The number of rotatable bonds is 2. The first kappa shape index (κ1) is 14.0. The number of hydrogen-bond acceptors (Lipinski definition) is 4. The lowest BCUT2D eigenvalue weighted by Crippen LogP contribution is -2.41. The maximum atomic E-state index is 6.16. The van der Waals surface area contributed by atoms with Crippen LogP contribution in [0.4, 0.5) is 0 Å². The number of nitrogens with zero attached hydrogens (tertiary/aromatic N) is 1. The summed E-state index contributed by atoms with van der Waals surface area (Å²) in [6.45, 7) is 10.5. The molecule has 3 heterocycles. The molecule has 1 aliphatic rings. The molecule has 0 N–H and O–H groups in total. The Morgan fingerprint density at radius 1 is 1.20 bits per heavy atom. The average molecular weight is 289 g/mol. The van der Waals surface area contributed by atoms with Crippen LogP contribution in [0.15, 0.2) is 18.3 Å². The van der Waals surface area contributed by atoms with Crippen molar-refractivity contribution in [1.82, 2.24) is 4.98 Å². The van der Waals surface area contributed by atoms with Gasteiger partial charge in [-0.15, -0.1) is 11.3 Å². The SMILES string of the molecule is CCc1cc2nccc(B3OC(C)(C)C(C)(C)O3)c2s1. The minimum atomic E-state index is -0.311. The Labute approximate surface area is 124 Å². The second-order valence-electron chi connectivity index (χ2n) is 6.27. The minimum absolute atomic E-state index is 0.307. The van der Waals surface area contributed by atoms with Crippen molar-refractivity contribution in [3.63, 3.8) is 0 Å². The van der Waals surface area contributed by atoms with Crippen molar-refractivity contribution in [3.05, 3.63) is 23.2 Å². The smallest absolute Gasteiger partial charge is 0.399 e. The van der Waals surface area contributed by atoms with Crippen LogP contribution >= 0.6 is 11.3 Å². The van der Waals surface area contributed by atoms with E-state index >= 15 is 0 Å². The molecule has 0 aliphatic carbocycles. The summed E-state index contributed by atoms with van der Waals surface area (Å²) in [4.78, 5) is 5.80. The van der Waals surface area contributed by atoms with Crippen molar-refractivity contribution in [2.75, 3.05) is 0 Å². The molecule has 0 radical (unpaired) electrons. The molecular weight excluding hydrogens is 269 g/mol. The number of hydrogen-bond donors (Lipinski definition) is 0. The Balaban J connectivity index is 2.05. The molecule has 20 heavy (non-hydrogen) atoms. The summed E-state index contributed by atoms with van der Waals surface area (Å²) >= 11 is 1.79. The second kappa shape index (κ2) is 4.55. The lowest BCUT2D eigenvalue weighted by atomic mass is 9.79. The fourth-order valence-electron chi connectivity index (χ4n) is 2.34. The molecule has 0 atom stereocenters. The normalized spacial score (nSPS) is 20.8. The van der Waals surface area contributed by atoms with Crippen molar-refractivity contribution >= 4 is 34.1 Å². The van der Waals surface area contributed by atoms with E-state index in [9.17, 15) is 0 Å². The summed E-state index contributed by atoms with van der Waals surface area (Å²) in [6, 6.07) is 4.18.